The van der Waals surface area contributed by atoms with Crippen molar-refractivity contribution in [2.45, 2.75) is 51.1 Å². The lowest BCUT2D eigenvalue weighted by Crippen LogP contribution is -2.47. The van der Waals surface area contributed by atoms with Crippen LogP contribution >= 0.6 is 23.4 Å². The van der Waals surface area contributed by atoms with Gasteiger partial charge < -0.3 is 10.2 Å². The van der Waals surface area contributed by atoms with E-state index in [9.17, 15) is 9.59 Å². The molecule has 0 bridgehead atoms. The Morgan fingerprint density at radius 3 is 2.48 bits per heavy atom. The third-order valence-electron chi connectivity index (χ3n) is 4.74. The third-order valence-corrected chi connectivity index (χ3v) is 6.09. The van der Waals surface area contributed by atoms with Crippen LogP contribution in [-0.2, 0) is 16.1 Å². The van der Waals surface area contributed by atoms with E-state index in [0.717, 1.165) is 33.2 Å². The number of carbonyl (C=O) groups is 2. The zero-order valence-electron chi connectivity index (χ0n) is 17.3. The van der Waals surface area contributed by atoms with E-state index in [4.69, 9.17) is 11.6 Å². The Bertz CT molecular complexity index is 811. The van der Waals surface area contributed by atoms with Crippen molar-refractivity contribution in [3.8, 4) is 0 Å². The van der Waals surface area contributed by atoms with E-state index in [1.165, 1.54) is 0 Å². The Morgan fingerprint density at radius 1 is 1.14 bits per heavy atom. The van der Waals surface area contributed by atoms with Crippen LogP contribution in [0.25, 0.3) is 0 Å². The molecule has 29 heavy (non-hydrogen) atoms. The molecule has 2 amide bonds. The summed E-state index contributed by atoms with van der Waals surface area (Å²) < 4.78 is 0. The van der Waals surface area contributed by atoms with Gasteiger partial charge in [-0.05, 0) is 68.3 Å². The molecule has 2 aromatic carbocycles. The molecular formula is C23H29ClN2O2S. The Labute approximate surface area is 183 Å². The van der Waals surface area contributed by atoms with E-state index in [1.807, 2.05) is 62.4 Å². The molecule has 2 rings (SSSR count). The van der Waals surface area contributed by atoms with Crippen LogP contribution in [0, 0.1) is 6.92 Å². The number of hydrogen-bond acceptors (Lipinski definition) is 3. The summed E-state index contributed by atoms with van der Waals surface area (Å²) in [4.78, 5) is 28.2. The van der Waals surface area contributed by atoms with Gasteiger partial charge in [-0.25, -0.2) is 0 Å². The van der Waals surface area contributed by atoms with Gasteiger partial charge in [-0.3, -0.25) is 9.59 Å². The smallest absolute Gasteiger partial charge is 0.242 e. The molecule has 0 aromatic heterocycles. The maximum absolute atomic E-state index is 13.0. The van der Waals surface area contributed by atoms with Gasteiger partial charge in [0.05, 0.1) is 0 Å². The topological polar surface area (TPSA) is 49.4 Å². The maximum Gasteiger partial charge on any atom is 0.242 e. The van der Waals surface area contributed by atoms with Crippen LogP contribution < -0.4 is 5.32 Å². The summed E-state index contributed by atoms with van der Waals surface area (Å²) >= 11 is 7.62. The van der Waals surface area contributed by atoms with Crippen molar-refractivity contribution in [3.05, 3.63) is 64.7 Å². The van der Waals surface area contributed by atoms with Crippen LogP contribution in [-0.4, -0.2) is 35.1 Å². The van der Waals surface area contributed by atoms with Gasteiger partial charge in [-0.15, -0.1) is 11.8 Å². The number of thioether (sulfide) groups is 1. The van der Waals surface area contributed by atoms with Gasteiger partial charge in [0.2, 0.25) is 11.8 Å². The standard InChI is InChI=1S/C23H29ClN2O2S/c1-4-25-23(28)18(3)26(16-19-9-6-5-8-17(19)2)22(27)10-7-15-29-21-13-11-20(24)12-14-21/h5-6,8-9,11-14,18H,4,7,10,15-16H2,1-3H3,(H,25,28)/t18-/m1/s1. The molecule has 1 N–H and O–H groups in total. The molecule has 4 nitrogen and oxygen atoms in total. The maximum atomic E-state index is 13.0. The number of benzene rings is 2. The minimum Gasteiger partial charge on any atom is -0.355 e. The molecule has 6 heteroatoms. The fraction of sp³-hybridized carbons (Fsp3) is 0.391. The normalized spacial score (nSPS) is 11.7. The Morgan fingerprint density at radius 2 is 1.83 bits per heavy atom. The number of nitrogens with zero attached hydrogens (tertiary/aromatic N) is 1. The Hall–Kier alpha value is -1.98. The van der Waals surface area contributed by atoms with Gasteiger partial charge in [0.15, 0.2) is 0 Å². The van der Waals surface area contributed by atoms with Crippen LogP contribution in [0.1, 0.15) is 37.8 Å². The molecule has 0 spiro atoms. The Balaban J connectivity index is 1.98. The van der Waals surface area contributed by atoms with E-state index in [1.54, 1.807) is 23.6 Å². The van der Waals surface area contributed by atoms with Crippen LogP contribution in [0.15, 0.2) is 53.4 Å². The molecule has 0 fully saturated rings. The first-order valence-electron chi connectivity index (χ1n) is 9.92. The van der Waals surface area contributed by atoms with E-state index in [-0.39, 0.29) is 11.8 Å². The van der Waals surface area contributed by atoms with Crippen molar-refractivity contribution in [2.24, 2.45) is 0 Å². The summed E-state index contributed by atoms with van der Waals surface area (Å²) in [5.74, 6) is 0.717. The summed E-state index contributed by atoms with van der Waals surface area (Å²) in [6.45, 7) is 6.69. The second kappa shape index (κ2) is 11.9. The monoisotopic (exact) mass is 432 g/mol. The van der Waals surface area contributed by atoms with Gasteiger partial charge >= 0.3 is 0 Å². The number of rotatable bonds is 10. The quantitative estimate of drug-likeness (QED) is 0.421. The molecule has 0 radical (unpaired) electrons. The molecule has 156 valence electrons. The molecule has 1 atom stereocenters. The molecule has 0 saturated heterocycles. The highest BCUT2D eigenvalue weighted by atomic mass is 35.5. The van der Waals surface area contributed by atoms with Crippen molar-refractivity contribution < 1.29 is 9.59 Å². The van der Waals surface area contributed by atoms with Gasteiger partial charge in [-0.1, -0.05) is 35.9 Å². The van der Waals surface area contributed by atoms with Gasteiger partial charge in [0, 0.05) is 29.4 Å². The SMILES string of the molecule is CCNC(=O)[C@@H](C)N(Cc1ccccc1C)C(=O)CCCSc1ccc(Cl)cc1. The lowest BCUT2D eigenvalue weighted by atomic mass is 10.1. The summed E-state index contributed by atoms with van der Waals surface area (Å²) in [5.41, 5.74) is 2.18. The van der Waals surface area contributed by atoms with Crippen LogP contribution in [0.4, 0.5) is 0 Å². The average Bonchev–Trinajstić information content (AvgIpc) is 2.71. The number of amides is 2. The predicted octanol–water partition coefficient (Wildman–Crippen LogP) is 5.07. The summed E-state index contributed by atoms with van der Waals surface area (Å²) in [5, 5.41) is 3.54. The van der Waals surface area contributed by atoms with Gasteiger partial charge in [0.25, 0.3) is 0 Å². The number of likely N-dealkylation sites (N-methyl/N-ethyl adjacent to an activating group) is 1. The second-order valence-corrected chi connectivity index (χ2v) is 8.53. The van der Waals surface area contributed by atoms with E-state index >= 15 is 0 Å². The summed E-state index contributed by atoms with van der Waals surface area (Å²) in [6, 6.07) is 15.2. The van der Waals surface area contributed by atoms with Crippen molar-refractivity contribution in [1.82, 2.24) is 10.2 Å². The zero-order valence-corrected chi connectivity index (χ0v) is 18.9. The molecule has 0 heterocycles. The first-order valence-corrected chi connectivity index (χ1v) is 11.3. The highest BCUT2D eigenvalue weighted by Crippen LogP contribution is 2.22. The highest BCUT2D eigenvalue weighted by molar-refractivity contribution is 7.99. The second-order valence-electron chi connectivity index (χ2n) is 6.92. The molecule has 0 aliphatic carbocycles. The van der Waals surface area contributed by atoms with Crippen LogP contribution in [0.5, 0.6) is 0 Å². The fourth-order valence-corrected chi connectivity index (χ4v) is 3.94. The van der Waals surface area contributed by atoms with E-state index < -0.39 is 6.04 Å². The number of hydrogen-bond donors (Lipinski definition) is 1. The van der Waals surface area contributed by atoms with Crippen LogP contribution in [0.3, 0.4) is 0 Å². The molecular weight excluding hydrogens is 404 g/mol. The molecule has 0 saturated carbocycles. The molecule has 2 aromatic rings. The minimum atomic E-state index is -0.508. The number of nitrogens with one attached hydrogen (secondary N) is 1. The fourth-order valence-electron chi connectivity index (χ4n) is 2.96. The van der Waals surface area contributed by atoms with Gasteiger partial charge in [-0.2, -0.15) is 0 Å². The molecule has 0 unspecified atom stereocenters. The lowest BCUT2D eigenvalue weighted by molar-refractivity contribution is -0.140. The van der Waals surface area contributed by atoms with Gasteiger partial charge in [0.1, 0.15) is 6.04 Å². The summed E-state index contributed by atoms with van der Waals surface area (Å²) in [6.07, 6.45) is 1.16. The van der Waals surface area contributed by atoms with Crippen molar-refractivity contribution in [3.63, 3.8) is 0 Å². The molecule has 0 aliphatic heterocycles. The van der Waals surface area contributed by atoms with E-state index in [0.29, 0.717) is 19.5 Å². The minimum absolute atomic E-state index is 0.00344. The zero-order chi connectivity index (χ0) is 21.2. The number of aryl methyl sites for hydroxylation is 1. The lowest BCUT2D eigenvalue weighted by Gasteiger charge is -2.29. The average molecular weight is 433 g/mol. The van der Waals surface area contributed by atoms with Crippen molar-refractivity contribution >= 4 is 35.2 Å². The first kappa shape index (κ1) is 23.3. The molecule has 0 aliphatic rings. The van der Waals surface area contributed by atoms with Crippen LogP contribution in [0.2, 0.25) is 5.02 Å². The Kier molecular flexibility index (Phi) is 9.55. The third kappa shape index (κ3) is 7.41. The predicted molar refractivity (Wildman–Crippen MR) is 121 cm³/mol. The number of halogens is 1. The first-order chi connectivity index (χ1) is 13.9. The highest BCUT2D eigenvalue weighted by Gasteiger charge is 2.25. The van der Waals surface area contributed by atoms with Crippen molar-refractivity contribution in [2.75, 3.05) is 12.3 Å². The largest absolute Gasteiger partial charge is 0.355 e. The summed E-state index contributed by atoms with van der Waals surface area (Å²) in [7, 11) is 0. The van der Waals surface area contributed by atoms with E-state index in [2.05, 4.69) is 5.32 Å². The number of carbonyl (C=O) groups excluding carboxylic acids is 2. The van der Waals surface area contributed by atoms with Crippen molar-refractivity contribution in [1.29, 1.82) is 0 Å².